The zero-order chi connectivity index (χ0) is 37.6. The van der Waals surface area contributed by atoms with Crippen molar-refractivity contribution in [2.24, 2.45) is 0 Å². The van der Waals surface area contributed by atoms with Crippen LogP contribution in [0, 0.1) is 12.1 Å². The van der Waals surface area contributed by atoms with Crippen LogP contribution in [-0.4, -0.2) is 22.6 Å². The van der Waals surface area contributed by atoms with Crippen LogP contribution in [0.5, 0.6) is 0 Å². The van der Waals surface area contributed by atoms with Crippen molar-refractivity contribution in [3.05, 3.63) is 157 Å². The van der Waals surface area contributed by atoms with Gasteiger partial charge in [0.15, 0.2) is 0 Å². The third-order valence-electron chi connectivity index (χ3n) is 10.3. The summed E-state index contributed by atoms with van der Waals surface area (Å²) in [7, 11) is -1.28. The average molecular weight is 928 g/mol. The summed E-state index contributed by atoms with van der Waals surface area (Å²) in [5.74, 6) is 1.75. The van der Waals surface area contributed by atoms with Crippen LogP contribution in [0.25, 0.3) is 70.3 Å². The largest absolute Gasteiger partial charge is 0.333 e. The molecule has 9 rings (SSSR count). The monoisotopic (exact) mass is 928 g/mol. The minimum absolute atomic E-state index is 0. The smallest absolute Gasteiger partial charge is 0.0795 e. The van der Waals surface area contributed by atoms with Crippen molar-refractivity contribution in [1.29, 1.82) is 0 Å². The first-order valence-electron chi connectivity index (χ1n) is 18.9. The molecule has 9 aromatic rings. The number of hydrogen-bond donors (Lipinski definition) is 0. The fraction of sp³-hybridized carbons (Fsp3) is 0.184. The number of para-hydroxylation sites is 3. The molecule has 0 aliphatic rings. The van der Waals surface area contributed by atoms with Gasteiger partial charge in [0.1, 0.15) is 0 Å². The third kappa shape index (κ3) is 7.49. The number of nitrogens with zero attached hydrogens (tertiary/aromatic N) is 3. The van der Waals surface area contributed by atoms with Gasteiger partial charge in [-0.15, -0.1) is 52.9 Å². The molecule has 1 radical (unpaired) electrons. The van der Waals surface area contributed by atoms with Gasteiger partial charge in [-0.2, -0.15) is 11.3 Å². The zero-order valence-electron chi connectivity index (χ0n) is 32.4. The van der Waals surface area contributed by atoms with E-state index < -0.39 is 8.07 Å². The summed E-state index contributed by atoms with van der Waals surface area (Å²) in [6.45, 7) is 16.1. The molecule has 0 saturated heterocycles. The average Bonchev–Trinajstić information content (AvgIpc) is 3.75. The van der Waals surface area contributed by atoms with Crippen molar-refractivity contribution < 1.29 is 20.1 Å². The van der Waals surface area contributed by atoms with Crippen LogP contribution in [0.15, 0.2) is 134 Å². The number of fused-ring (bicyclic) bond motifs is 5. The van der Waals surface area contributed by atoms with Crippen LogP contribution < -0.4 is 5.19 Å². The van der Waals surface area contributed by atoms with Crippen molar-refractivity contribution in [2.45, 2.75) is 59.2 Å². The van der Waals surface area contributed by atoms with Gasteiger partial charge in [0, 0.05) is 36.7 Å². The Hall–Kier alpha value is -4.71. The molecule has 0 aliphatic heterocycles. The first kappa shape index (κ1) is 38.6. The molecule has 0 fully saturated rings. The standard InChI is InChI=1S/C31H27N2S.C18H18NSi.Ir/c1-19(2)22-11-9-12-23(20(3)4)30(22)33-27-14-7-6-13-26(27)32-31(33)21-16-17-29-25(18-21)24-10-5-8-15-28(24)34-29;1-20(2,3)15-11-12-18(19-13-15)17-10-6-8-14-7-4-5-9-16(14)17;/h5-15,17-20H,1-4H3;4-9,11-13H,1-3H3;/q2*-1;. The van der Waals surface area contributed by atoms with Crippen molar-refractivity contribution in [3.8, 4) is 28.3 Å². The second-order valence-electron chi connectivity index (χ2n) is 15.7. The Morgan fingerprint density at radius 2 is 1.36 bits per heavy atom. The molecule has 0 saturated carbocycles. The van der Waals surface area contributed by atoms with E-state index in [2.05, 4.69) is 190 Å². The molecule has 0 aliphatic carbocycles. The zero-order valence-corrected chi connectivity index (χ0v) is 36.7. The second-order valence-corrected chi connectivity index (χ2v) is 21.9. The van der Waals surface area contributed by atoms with Gasteiger partial charge in [0.25, 0.3) is 0 Å². The molecule has 0 unspecified atom stereocenters. The molecule has 0 N–H and O–H groups in total. The van der Waals surface area contributed by atoms with Crippen molar-refractivity contribution in [3.63, 3.8) is 0 Å². The van der Waals surface area contributed by atoms with Crippen LogP contribution in [0.4, 0.5) is 0 Å². The Kier molecular flexibility index (Phi) is 11.1. The predicted molar refractivity (Wildman–Crippen MR) is 235 cm³/mol. The topological polar surface area (TPSA) is 30.7 Å². The number of hydrogen-bond acceptors (Lipinski definition) is 3. The number of benzene rings is 6. The predicted octanol–water partition coefficient (Wildman–Crippen LogP) is 13.4. The molecule has 0 spiro atoms. The fourth-order valence-corrected chi connectivity index (χ4v) is 9.47. The van der Waals surface area contributed by atoms with Gasteiger partial charge in [0.2, 0.25) is 0 Å². The minimum Gasteiger partial charge on any atom is -0.333 e. The summed E-state index contributed by atoms with van der Waals surface area (Å²) < 4.78 is 4.95. The summed E-state index contributed by atoms with van der Waals surface area (Å²) in [5, 5.41) is 6.40. The molecule has 3 nitrogen and oxygen atoms in total. The number of rotatable bonds is 6. The van der Waals surface area contributed by atoms with Gasteiger partial charge in [-0.05, 0) is 62.1 Å². The van der Waals surface area contributed by atoms with Crippen molar-refractivity contribution in [1.82, 2.24) is 14.5 Å². The summed E-state index contributed by atoms with van der Waals surface area (Å²) in [6, 6.07) is 52.0. The minimum atomic E-state index is -1.28. The number of imidazole rings is 1. The Bertz CT molecular complexity index is 2740. The molecule has 0 amide bonds. The summed E-state index contributed by atoms with van der Waals surface area (Å²) in [6.07, 6.45) is 2.04. The van der Waals surface area contributed by atoms with Gasteiger partial charge < -0.3 is 9.55 Å². The molecule has 6 heteroatoms. The van der Waals surface area contributed by atoms with E-state index in [1.807, 2.05) is 23.6 Å². The Balaban J connectivity index is 0.000000190. The fourth-order valence-electron chi connectivity index (χ4n) is 7.36. The SMILES string of the molecule is CC(C)c1cccc(C(C)C)c1-n1c(-c2[c-]cc3sc4ccccc4c3c2)nc2ccccc21.C[Si](C)(C)c1ccc(-c2[c-]ccc3ccccc23)nc1.[Ir]. The van der Waals surface area contributed by atoms with Crippen LogP contribution in [0.2, 0.25) is 19.6 Å². The summed E-state index contributed by atoms with van der Waals surface area (Å²) in [5.41, 5.74) is 9.22. The van der Waals surface area contributed by atoms with E-state index in [9.17, 15) is 0 Å². The Morgan fingerprint density at radius 3 is 2.07 bits per heavy atom. The van der Waals surface area contributed by atoms with E-state index in [0.29, 0.717) is 11.8 Å². The van der Waals surface area contributed by atoms with E-state index in [-0.39, 0.29) is 20.1 Å². The molecule has 0 atom stereocenters. The van der Waals surface area contributed by atoms with Gasteiger partial charge in [-0.25, -0.2) is 0 Å². The van der Waals surface area contributed by atoms with E-state index in [1.165, 1.54) is 52.9 Å². The molecule has 0 bridgehead atoms. The quantitative estimate of drug-likeness (QED) is 0.123. The molecule has 3 aromatic heterocycles. The van der Waals surface area contributed by atoms with Crippen molar-refractivity contribution >= 4 is 66.6 Å². The van der Waals surface area contributed by atoms with Gasteiger partial charge in [-0.3, -0.25) is 4.98 Å². The Labute approximate surface area is 343 Å². The van der Waals surface area contributed by atoms with Gasteiger partial charge in [0.05, 0.1) is 24.9 Å². The van der Waals surface area contributed by atoms with E-state index in [1.54, 1.807) is 0 Å². The van der Waals surface area contributed by atoms with E-state index in [4.69, 9.17) is 4.98 Å². The first-order valence-corrected chi connectivity index (χ1v) is 23.2. The normalized spacial score (nSPS) is 11.7. The molecule has 6 aromatic carbocycles. The number of aromatic nitrogens is 3. The third-order valence-corrected chi connectivity index (χ3v) is 13.4. The van der Waals surface area contributed by atoms with Crippen molar-refractivity contribution in [2.75, 3.05) is 0 Å². The maximum absolute atomic E-state index is 5.17. The first-order chi connectivity index (χ1) is 26.1. The van der Waals surface area contributed by atoms with Crippen LogP contribution in [0.3, 0.4) is 0 Å². The molecule has 55 heavy (non-hydrogen) atoms. The van der Waals surface area contributed by atoms with Crippen LogP contribution in [-0.2, 0) is 20.1 Å². The maximum atomic E-state index is 5.17. The summed E-state index contributed by atoms with van der Waals surface area (Å²) >= 11 is 1.83. The second kappa shape index (κ2) is 15.8. The molecular formula is C49H45IrN3SSi-2. The van der Waals surface area contributed by atoms with Crippen LogP contribution in [0.1, 0.15) is 50.7 Å². The van der Waals surface area contributed by atoms with Crippen LogP contribution >= 0.6 is 11.3 Å². The molecular weight excluding hydrogens is 883 g/mol. The Morgan fingerprint density at radius 1 is 0.673 bits per heavy atom. The van der Waals surface area contributed by atoms with E-state index in [0.717, 1.165) is 33.7 Å². The molecule has 277 valence electrons. The van der Waals surface area contributed by atoms with E-state index >= 15 is 0 Å². The number of thiophene rings is 1. The van der Waals surface area contributed by atoms with Gasteiger partial charge in [-0.1, -0.05) is 143 Å². The maximum Gasteiger partial charge on any atom is 0.0795 e. The molecule has 3 heterocycles. The number of pyridine rings is 1. The summed E-state index contributed by atoms with van der Waals surface area (Å²) in [4.78, 5) is 9.84. The van der Waals surface area contributed by atoms with Gasteiger partial charge >= 0.3 is 0 Å².